The molecule has 0 radical (unpaired) electrons. The molecule has 1 fully saturated rings. The summed E-state index contributed by atoms with van der Waals surface area (Å²) >= 11 is 0. The third kappa shape index (κ3) is 4.70. The average Bonchev–Trinajstić information content (AvgIpc) is 2.57. The lowest BCUT2D eigenvalue weighted by Gasteiger charge is -2.30. The Balaban J connectivity index is 1.85. The minimum atomic E-state index is -1.18. The van der Waals surface area contributed by atoms with E-state index in [4.69, 9.17) is 9.47 Å². The maximum Gasteiger partial charge on any atom is 0.186 e. The van der Waals surface area contributed by atoms with Gasteiger partial charge in [0.1, 0.15) is 5.82 Å². The fourth-order valence-electron chi connectivity index (χ4n) is 2.80. The number of halogens is 3. The third-order valence-electron chi connectivity index (χ3n) is 4.35. The number of benzene rings is 1. The van der Waals surface area contributed by atoms with Crippen LogP contribution in [0.25, 0.3) is 0 Å². The lowest BCUT2D eigenvalue weighted by atomic mass is 10.0. The van der Waals surface area contributed by atoms with Crippen molar-refractivity contribution in [2.75, 3.05) is 13.2 Å². The van der Waals surface area contributed by atoms with Crippen molar-refractivity contribution >= 4 is 0 Å². The highest BCUT2D eigenvalue weighted by Gasteiger charge is 2.28. The molecule has 0 unspecified atom stereocenters. The second-order valence-corrected chi connectivity index (χ2v) is 6.27. The van der Waals surface area contributed by atoms with Gasteiger partial charge in [-0.05, 0) is 19.4 Å². The van der Waals surface area contributed by atoms with E-state index in [2.05, 4.69) is 6.92 Å². The molecular weight excluding hydrogens is 305 g/mol. The van der Waals surface area contributed by atoms with Crippen molar-refractivity contribution in [1.82, 2.24) is 0 Å². The van der Waals surface area contributed by atoms with Gasteiger partial charge in [-0.25, -0.2) is 13.2 Å². The molecule has 1 aromatic carbocycles. The Morgan fingerprint density at radius 3 is 2.30 bits per heavy atom. The molecule has 0 spiro atoms. The van der Waals surface area contributed by atoms with E-state index in [1.165, 1.54) is 32.6 Å². The Morgan fingerprint density at radius 2 is 1.65 bits per heavy atom. The van der Waals surface area contributed by atoms with Crippen LogP contribution in [0.5, 0.6) is 0 Å². The van der Waals surface area contributed by atoms with Crippen molar-refractivity contribution in [3.8, 4) is 0 Å². The number of unbranched alkanes of at least 4 members (excludes halogenated alkanes) is 4. The van der Waals surface area contributed by atoms with Gasteiger partial charge in [-0.1, -0.05) is 39.0 Å². The van der Waals surface area contributed by atoms with Gasteiger partial charge in [0.25, 0.3) is 0 Å². The molecule has 1 aromatic rings. The monoisotopic (exact) mass is 330 g/mol. The Labute approximate surface area is 136 Å². The van der Waals surface area contributed by atoms with E-state index in [-0.39, 0.29) is 17.0 Å². The SMILES string of the molecule is CCCCCCCC1COC(c2cc(F)c(C)c(F)c2F)OC1. The molecule has 0 aliphatic carbocycles. The van der Waals surface area contributed by atoms with Gasteiger partial charge in [0.15, 0.2) is 17.9 Å². The zero-order chi connectivity index (χ0) is 16.8. The van der Waals surface area contributed by atoms with Gasteiger partial charge in [0, 0.05) is 17.0 Å². The first-order chi connectivity index (χ1) is 11.0. The minimum Gasteiger partial charge on any atom is -0.348 e. The van der Waals surface area contributed by atoms with Crippen molar-refractivity contribution < 1.29 is 22.6 Å². The standard InChI is InChI=1S/C18H25F3O2/c1-3-4-5-6-7-8-13-10-22-18(23-11-13)14-9-15(19)12(2)16(20)17(14)21/h9,13,18H,3-8,10-11H2,1-2H3. The molecule has 130 valence electrons. The second-order valence-electron chi connectivity index (χ2n) is 6.27. The second kappa shape index (κ2) is 8.69. The molecule has 0 atom stereocenters. The molecule has 0 amide bonds. The fraction of sp³-hybridized carbons (Fsp3) is 0.667. The van der Waals surface area contributed by atoms with E-state index < -0.39 is 23.7 Å². The number of ether oxygens (including phenoxy) is 2. The van der Waals surface area contributed by atoms with E-state index in [0.717, 1.165) is 18.9 Å². The Kier molecular flexibility index (Phi) is 6.90. The fourth-order valence-corrected chi connectivity index (χ4v) is 2.80. The van der Waals surface area contributed by atoms with E-state index in [0.29, 0.717) is 13.2 Å². The van der Waals surface area contributed by atoms with Gasteiger partial charge in [-0.2, -0.15) is 0 Å². The molecule has 0 aromatic heterocycles. The zero-order valence-corrected chi connectivity index (χ0v) is 13.8. The highest BCUT2D eigenvalue weighted by atomic mass is 19.2. The van der Waals surface area contributed by atoms with Crippen LogP contribution in [-0.4, -0.2) is 13.2 Å². The smallest absolute Gasteiger partial charge is 0.186 e. The first-order valence-corrected chi connectivity index (χ1v) is 8.41. The normalized spacial score (nSPS) is 21.6. The predicted octanol–water partition coefficient (Wildman–Crippen LogP) is 5.43. The van der Waals surface area contributed by atoms with Crippen LogP contribution in [0.4, 0.5) is 13.2 Å². The number of hydrogen-bond donors (Lipinski definition) is 0. The number of rotatable bonds is 7. The molecule has 2 nitrogen and oxygen atoms in total. The van der Waals surface area contributed by atoms with Gasteiger partial charge in [-0.3, -0.25) is 0 Å². The van der Waals surface area contributed by atoms with E-state index in [1.807, 2.05) is 0 Å². The summed E-state index contributed by atoms with van der Waals surface area (Å²) in [6, 6.07) is 0.962. The van der Waals surface area contributed by atoms with E-state index in [1.54, 1.807) is 0 Å². The van der Waals surface area contributed by atoms with Crippen LogP contribution < -0.4 is 0 Å². The molecule has 1 heterocycles. The quantitative estimate of drug-likeness (QED) is 0.490. The number of hydrogen-bond acceptors (Lipinski definition) is 2. The molecule has 1 aliphatic heterocycles. The summed E-state index contributed by atoms with van der Waals surface area (Å²) < 4.78 is 52.2. The topological polar surface area (TPSA) is 18.5 Å². The molecule has 23 heavy (non-hydrogen) atoms. The molecule has 0 saturated carbocycles. The van der Waals surface area contributed by atoms with Crippen molar-refractivity contribution in [3.63, 3.8) is 0 Å². The van der Waals surface area contributed by atoms with Gasteiger partial charge in [-0.15, -0.1) is 0 Å². The lowest BCUT2D eigenvalue weighted by Crippen LogP contribution is -2.28. The third-order valence-corrected chi connectivity index (χ3v) is 4.35. The molecule has 1 aliphatic rings. The van der Waals surface area contributed by atoms with E-state index >= 15 is 0 Å². The molecule has 2 rings (SSSR count). The average molecular weight is 330 g/mol. The van der Waals surface area contributed by atoms with Gasteiger partial charge >= 0.3 is 0 Å². The van der Waals surface area contributed by atoms with Crippen LogP contribution >= 0.6 is 0 Å². The highest BCUT2D eigenvalue weighted by molar-refractivity contribution is 5.28. The summed E-state index contributed by atoms with van der Waals surface area (Å²) in [7, 11) is 0. The van der Waals surface area contributed by atoms with Crippen molar-refractivity contribution in [2.24, 2.45) is 5.92 Å². The van der Waals surface area contributed by atoms with Gasteiger partial charge < -0.3 is 9.47 Å². The Hall–Kier alpha value is -1.07. The summed E-state index contributed by atoms with van der Waals surface area (Å²) in [5.74, 6) is -2.79. The van der Waals surface area contributed by atoms with E-state index in [9.17, 15) is 13.2 Å². The van der Waals surface area contributed by atoms with Crippen LogP contribution in [-0.2, 0) is 9.47 Å². The minimum absolute atomic E-state index is 0.202. The summed E-state index contributed by atoms with van der Waals surface area (Å²) in [6.07, 6.45) is 5.98. The Morgan fingerprint density at radius 1 is 1.00 bits per heavy atom. The maximum atomic E-state index is 13.9. The first kappa shape index (κ1) is 18.3. The van der Waals surface area contributed by atoms with Crippen molar-refractivity contribution in [3.05, 3.63) is 34.6 Å². The van der Waals surface area contributed by atoms with Crippen LogP contribution in [0.2, 0.25) is 0 Å². The van der Waals surface area contributed by atoms with Crippen molar-refractivity contribution in [2.45, 2.75) is 58.7 Å². The predicted molar refractivity (Wildman–Crippen MR) is 82.6 cm³/mol. The molecule has 1 saturated heterocycles. The molecule has 5 heteroatoms. The van der Waals surface area contributed by atoms with Crippen LogP contribution in [0, 0.1) is 30.3 Å². The van der Waals surface area contributed by atoms with Crippen LogP contribution in [0.15, 0.2) is 6.07 Å². The molecule has 0 N–H and O–H groups in total. The summed E-state index contributed by atoms with van der Waals surface area (Å²) in [6.45, 7) is 4.23. The Bertz CT molecular complexity index is 511. The summed E-state index contributed by atoms with van der Waals surface area (Å²) in [4.78, 5) is 0. The van der Waals surface area contributed by atoms with Gasteiger partial charge in [0.05, 0.1) is 13.2 Å². The molecule has 0 bridgehead atoms. The lowest BCUT2D eigenvalue weighted by molar-refractivity contribution is -0.207. The van der Waals surface area contributed by atoms with Crippen LogP contribution in [0.1, 0.15) is 62.9 Å². The first-order valence-electron chi connectivity index (χ1n) is 8.41. The van der Waals surface area contributed by atoms with Crippen LogP contribution in [0.3, 0.4) is 0 Å². The largest absolute Gasteiger partial charge is 0.348 e. The van der Waals surface area contributed by atoms with Crippen molar-refractivity contribution in [1.29, 1.82) is 0 Å². The maximum absolute atomic E-state index is 13.9. The van der Waals surface area contributed by atoms with Gasteiger partial charge in [0.2, 0.25) is 0 Å². The highest BCUT2D eigenvalue weighted by Crippen LogP contribution is 2.31. The zero-order valence-electron chi connectivity index (χ0n) is 13.8. The molecular formula is C18H25F3O2. The summed E-state index contributed by atoms with van der Waals surface area (Å²) in [5.41, 5.74) is -0.529. The summed E-state index contributed by atoms with van der Waals surface area (Å²) in [5, 5.41) is 0.